The van der Waals surface area contributed by atoms with Crippen LogP contribution in [0.1, 0.15) is 94.9 Å². The Bertz CT molecular complexity index is 180. The van der Waals surface area contributed by atoms with Gasteiger partial charge in [0, 0.05) is 0 Å². The topological polar surface area (TPSA) is 18.5 Å². The summed E-state index contributed by atoms with van der Waals surface area (Å²) in [6, 6.07) is 0. The highest BCUT2D eigenvalue weighted by Crippen LogP contribution is 2.18. The molecule has 20 heavy (non-hydrogen) atoms. The van der Waals surface area contributed by atoms with E-state index in [1.165, 1.54) is 0 Å². The highest BCUT2D eigenvalue weighted by atomic mass is 16.5. The number of rotatable bonds is 6. The third kappa shape index (κ3) is 16.0. The molecule has 0 saturated heterocycles. The Kier molecular flexibility index (Phi) is 11.8. The van der Waals surface area contributed by atoms with Crippen LogP contribution in [0.15, 0.2) is 0 Å². The molecular formula is C18H40O2. The molecule has 0 spiro atoms. The lowest BCUT2D eigenvalue weighted by Crippen LogP contribution is -2.31. The van der Waals surface area contributed by atoms with Crippen LogP contribution >= 0.6 is 0 Å². The van der Waals surface area contributed by atoms with Crippen molar-refractivity contribution >= 4 is 0 Å². The SMILES string of the molecule is CC(C)(C)OC(C)(C)C.CCC(CC)OC(CC)CC. The standard InChI is InChI=1S/C10H22O.C8H18O/c1-5-9(6-2)11-10(7-3)8-4;1-7(2,3)9-8(4,5)6/h9-10H,5-8H2,1-4H3;1-6H3. The van der Waals surface area contributed by atoms with E-state index in [0.717, 1.165) is 25.7 Å². The lowest BCUT2D eigenvalue weighted by Gasteiger charge is -2.30. The normalized spacial score (nSPS) is 12.6. The van der Waals surface area contributed by atoms with Gasteiger partial charge in [-0.2, -0.15) is 0 Å². The van der Waals surface area contributed by atoms with Gasteiger partial charge in [0.15, 0.2) is 0 Å². The first-order valence-electron chi connectivity index (χ1n) is 8.34. The zero-order valence-electron chi connectivity index (χ0n) is 15.8. The molecule has 0 aliphatic carbocycles. The summed E-state index contributed by atoms with van der Waals surface area (Å²) in [6.07, 6.45) is 5.56. The lowest BCUT2D eigenvalue weighted by molar-refractivity contribution is -0.102. The molecule has 0 aliphatic heterocycles. The summed E-state index contributed by atoms with van der Waals surface area (Å²) >= 11 is 0. The number of ether oxygens (including phenoxy) is 2. The van der Waals surface area contributed by atoms with Crippen LogP contribution in [0, 0.1) is 0 Å². The van der Waals surface area contributed by atoms with Crippen molar-refractivity contribution in [2.24, 2.45) is 0 Å². The lowest BCUT2D eigenvalue weighted by atomic mass is 10.1. The van der Waals surface area contributed by atoms with Crippen molar-refractivity contribution < 1.29 is 9.47 Å². The summed E-state index contributed by atoms with van der Waals surface area (Å²) in [4.78, 5) is 0. The molecule has 0 saturated carbocycles. The Labute approximate surface area is 128 Å². The molecule has 0 bridgehead atoms. The van der Waals surface area contributed by atoms with Crippen LogP contribution in [0.3, 0.4) is 0 Å². The molecule has 2 heteroatoms. The van der Waals surface area contributed by atoms with Crippen molar-refractivity contribution in [1.82, 2.24) is 0 Å². The van der Waals surface area contributed by atoms with Gasteiger partial charge in [0.05, 0.1) is 23.4 Å². The van der Waals surface area contributed by atoms with Crippen LogP contribution in [-0.2, 0) is 9.47 Å². The van der Waals surface area contributed by atoms with Crippen molar-refractivity contribution in [3.05, 3.63) is 0 Å². The number of hydrogen-bond acceptors (Lipinski definition) is 2. The zero-order valence-corrected chi connectivity index (χ0v) is 15.8. The zero-order chi connectivity index (χ0) is 16.4. The fraction of sp³-hybridized carbons (Fsp3) is 1.00. The van der Waals surface area contributed by atoms with E-state index in [1.54, 1.807) is 0 Å². The second-order valence-electron chi connectivity index (χ2n) is 7.34. The minimum absolute atomic E-state index is 0.0156. The highest BCUT2D eigenvalue weighted by Gasteiger charge is 2.19. The van der Waals surface area contributed by atoms with Gasteiger partial charge >= 0.3 is 0 Å². The van der Waals surface area contributed by atoms with Crippen molar-refractivity contribution in [3.63, 3.8) is 0 Å². The van der Waals surface area contributed by atoms with Crippen LogP contribution in [0.25, 0.3) is 0 Å². The van der Waals surface area contributed by atoms with E-state index in [2.05, 4.69) is 69.2 Å². The average Bonchev–Trinajstić information content (AvgIpc) is 2.27. The van der Waals surface area contributed by atoms with Crippen molar-refractivity contribution in [1.29, 1.82) is 0 Å². The van der Waals surface area contributed by atoms with Gasteiger partial charge in [-0.15, -0.1) is 0 Å². The number of hydrogen-bond donors (Lipinski definition) is 0. The van der Waals surface area contributed by atoms with Crippen LogP contribution in [-0.4, -0.2) is 23.4 Å². The molecule has 0 fully saturated rings. The summed E-state index contributed by atoms with van der Waals surface area (Å²) in [6.45, 7) is 21.2. The second-order valence-corrected chi connectivity index (χ2v) is 7.34. The Morgan fingerprint density at radius 3 is 0.950 bits per heavy atom. The molecule has 0 rings (SSSR count). The van der Waals surface area contributed by atoms with Gasteiger partial charge in [0.25, 0.3) is 0 Å². The van der Waals surface area contributed by atoms with E-state index < -0.39 is 0 Å². The predicted octanol–water partition coefficient (Wildman–Crippen LogP) is 5.98. The molecule has 0 aliphatic rings. The van der Waals surface area contributed by atoms with Crippen LogP contribution in [0.5, 0.6) is 0 Å². The molecule has 0 aromatic carbocycles. The Morgan fingerprint density at radius 2 is 0.850 bits per heavy atom. The van der Waals surface area contributed by atoms with E-state index in [4.69, 9.17) is 9.47 Å². The molecule has 0 aromatic heterocycles. The minimum atomic E-state index is -0.0156. The molecule has 2 nitrogen and oxygen atoms in total. The molecule has 0 atom stereocenters. The van der Waals surface area contributed by atoms with Gasteiger partial charge in [-0.1, -0.05) is 27.7 Å². The van der Waals surface area contributed by atoms with Gasteiger partial charge in [-0.3, -0.25) is 0 Å². The van der Waals surface area contributed by atoms with Crippen LogP contribution in [0.4, 0.5) is 0 Å². The van der Waals surface area contributed by atoms with Crippen molar-refractivity contribution in [2.45, 2.75) is 118 Å². The van der Waals surface area contributed by atoms with Crippen molar-refractivity contribution in [3.8, 4) is 0 Å². The molecule has 0 radical (unpaired) electrons. The van der Waals surface area contributed by atoms with E-state index in [-0.39, 0.29) is 11.2 Å². The Hall–Kier alpha value is -0.0800. The summed E-state index contributed by atoms with van der Waals surface area (Å²) in [5.41, 5.74) is -0.0312. The van der Waals surface area contributed by atoms with E-state index in [9.17, 15) is 0 Å². The highest BCUT2D eigenvalue weighted by molar-refractivity contribution is 4.68. The first kappa shape index (κ1) is 22.2. The molecule has 0 amide bonds. The predicted molar refractivity (Wildman–Crippen MR) is 90.4 cm³/mol. The van der Waals surface area contributed by atoms with Crippen LogP contribution < -0.4 is 0 Å². The van der Waals surface area contributed by atoms with Gasteiger partial charge in [-0.25, -0.2) is 0 Å². The van der Waals surface area contributed by atoms with E-state index in [0.29, 0.717) is 12.2 Å². The Morgan fingerprint density at radius 1 is 0.600 bits per heavy atom. The maximum atomic E-state index is 5.85. The monoisotopic (exact) mass is 288 g/mol. The molecule has 0 unspecified atom stereocenters. The van der Waals surface area contributed by atoms with Crippen molar-refractivity contribution in [2.75, 3.05) is 0 Å². The van der Waals surface area contributed by atoms with Gasteiger partial charge in [0.2, 0.25) is 0 Å². The van der Waals surface area contributed by atoms with Crippen LogP contribution in [0.2, 0.25) is 0 Å². The molecular weight excluding hydrogens is 248 g/mol. The first-order valence-corrected chi connectivity index (χ1v) is 8.34. The third-order valence-electron chi connectivity index (χ3n) is 2.82. The summed E-state index contributed by atoms with van der Waals surface area (Å²) < 4.78 is 11.5. The third-order valence-corrected chi connectivity index (χ3v) is 2.82. The van der Waals surface area contributed by atoms with Gasteiger partial charge < -0.3 is 9.47 Å². The van der Waals surface area contributed by atoms with E-state index >= 15 is 0 Å². The summed E-state index contributed by atoms with van der Waals surface area (Å²) in [7, 11) is 0. The van der Waals surface area contributed by atoms with E-state index in [1.807, 2.05) is 0 Å². The summed E-state index contributed by atoms with van der Waals surface area (Å²) in [5, 5.41) is 0. The first-order chi connectivity index (χ1) is 8.99. The largest absolute Gasteiger partial charge is 0.375 e. The maximum Gasteiger partial charge on any atom is 0.0605 e. The fourth-order valence-corrected chi connectivity index (χ4v) is 2.15. The van der Waals surface area contributed by atoms with Gasteiger partial charge in [0.1, 0.15) is 0 Å². The van der Waals surface area contributed by atoms with Gasteiger partial charge in [-0.05, 0) is 67.2 Å². The molecule has 0 N–H and O–H groups in total. The molecule has 124 valence electrons. The quantitative estimate of drug-likeness (QED) is 0.598. The smallest absolute Gasteiger partial charge is 0.0605 e. The molecule has 0 aromatic rings. The minimum Gasteiger partial charge on any atom is -0.375 e. The average molecular weight is 289 g/mol. The molecule has 0 heterocycles. The maximum absolute atomic E-state index is 5.85. The fourth-order valence-electron chi connectivity index (χ4n) is 2.15. The summed E-state index contributed by atoms with van der Waals surface area (Å²) in [5.74, 6) is 0. The second kappa shape index (κ2) is 10.6. The Balaban J connectivity index is 0.